The summed E-state index contributed by atoms with van der Waals surface area (Å²) in [5, 5.41) is 15.1. The average Bonchev–Trinajstić information content (AvgIpc) is 2.10. The van der Waals surface area contributed by atoms with Crippen molar-refractivity contribution in [2.75, 3.05) is 0 Å². The van der Waals surface area contributed by atoms with Crippen LogP contribution in [0.15, 0.2) is 0 Å². The molecule has 1 saturated heterocycles. The maximum absolute atomic E-state index is 11.8. The Hall–Kier alpha value is -1.10. The molecule has 0 spiro atoms. The summed E-state index contributed by atoms with van der Waals surface area (Å²) in [7, 11) is 0. The lowest BCUT2D eigenvalue weighted by Crippen LogP contribution is -2.62. The molecule has 5 heteroatoms. The zero-order valence-corrected chi connectivity index (χ0v) is 12.4. The number of piperidine rings is 1. The van der Waals surface area contributed by atoms with E-state index in [0.717, 1.165) is 12.8 Å². The minimum Gasteiger partial charge on any atom is -0.481 e. The highest BCUT2D eigenvalue weighted by Crippen LogP contribution is 2.28. The number of rotatable bonds is 5. The largest absolute Gasteiger partial charge is 0.481 e. The number of carbonyl (C=O) groups is 2. The van der Waals surface area contributed by atoms with Crippen LogP contribution in [-0.2, 0) is 9.59 Å². The van der Waals surface area contributed by atoms with Gasteiger partial charge in [0.15, 0.2) is 0 Å². The van der Waals surface area contributed by atoms with Crippen molar-refractivity contribution < 1.29 is 14.7 Å². The summed E-state index contributed by atoms with van der Waals surface area (Å²) in [5.41, 5.74) is 0.00151. The van der Waals surface area contributed by atoms with Crippen LogP contribution in [-0.4, -0.2) is 34.1 Å². The van der Waals surface area contributed by atoms with Crippen LogP contribution in [0.2, 0.25) is 0 Å². The molecule has 0 radical (unpaired) electrons. The molecule has 1 aliphatic heterocycles. The predicted molar refractivity (Wildman–Crippen MR) is 73.9 cm³/mol. The van der Waals surface area contributed by atoms with Crippen molar-refractivity contribution in [2.45, 2.75) is 76.9 Å². The van der Waals surface area contributed by atoms with Gasteiger partial charge in [0.2, 0.25) is 5.91 Å². The molecule has 0 aliphatic carbocycles. The molecule has 0 aromatic rings. The molecular weight excluding hydrogens is 244 g/mol. The second-order valence-corrected chi connectivity index (χ2v) is 6.81. The van der Waals surface area contributed by atoms with Crippen LogP contribution in [0, 0.1) is 0 Å². The summed E-state index contributed by atoms with van der Waals surface area (Å²) in [6.07, 6.45) is 2.52. The Kier molecular flexibility index (Phi) is 4.96. The number of nitrogens with one attached hydrogen (secondary N) is 2. The summed E-state index contributed by atoms with van der Waals surface area (Å²) in [5.74, 6) is -0.892. The molecule has 3 N–H and O–H groups in total. The third-order valence-corrected chi connectivity index (χ3v) is 3.35. The van der Waals surface area contributed by atoms with Crippen molar-refractivity contribution in [3.8, 4) is 0 Å². The Morgan fingerprint density at radius 1 is 1.16 bits per heavy atom. The highest BCUT2D eigenvalue weighted by molar-refractivity contribution is 5.77. The van der Waals surface area contributed by atoms with Gasteiger partial charge in [-0.3, -0.25) is 9.59 Å². The van der Waals surface area contributed by atoms with Gasteiger partial charge in [-0.1, -0.05) is 0 Å². The van der Waals surface area contributed by atoms with Crippen molar-refractivity contribution >= 4 is 11.9 Å². The van der Waals surface area contributed by atoms with Gasteiger partial charge in [0.25, 0.3) is 0 Å². The summed E-state index contributed by atoms with van der Waals surface area (Å²) < 4.78 is 0. The normalized spacial score (nSPS) is 21.9. The van der Waals surface area contributed by atoms with Gasteiger partial charge >= 0.3 is 5.97 Å². The Bertz CT molecular complexity index is 335. The molecule has 0 aromatic carbocycles. The molecule has 0 bridgehead atoms. The molecule has 19 heavy (non-hydrogen) atoms. The summed E-state index contributed by atoms with van der Waals surface area (Å²) in [6.45, 7) is 8.55. The number of hydrogen-bond acceptors (Lipinski definition) is 3. The minimum absolute atomic E-state index is 0.000755. The fraction of sp³-hybridized carbons (Fsp3) is 0.857. The van der Waals surface area contributed by atoms with E-state index in [-0.39, 0.29) is 35.9 Å². The predicted octanol–water partition coefficient (Wildman–Crippen LogP) is 1.67. The van der Waals surface area contributed by atoms with Crippen molar-refractivity contribution in [1.82, 2.24) is 10.6 Å². The Labute approximate surface area is 115 Å². The Morgan fingerprint density at radius 2 is 1.68 bits per heavy atom. The lowest BCUT2D eigenvalue weighted by Gasteiger charge is -2.46. The summed E-state index contributed by atoms with van der Waals surface area (Å²) >= 11 is 0. The SMILES string of the molecule is CC1(C)CC(NC(=O)CCCC(=O)O)CC(C)(C)N1. The quantitative estimate of drug-likeness (QED) is 0.710. The molecule has 0 saturated carbocycles. The van der Waals surface area contributed by atoms with E-state index in [4.69, 9.17) is 5.11 Å². The standard InChI is InChI=1S/C14H26N2O3/c1-13(2)8-10(9-14(3,4)16-13)15-11(17)6-5-7-12(18)19/h10,16H,5-9H2,1-4H3,(H,15,17)(H,18,19). The molecule has 1 heterocycles. The van der Waals surface area contributed by atoms with E-state index in [9.17, 15) is 9.59 Å². The van der Waals surface area contributed by atoms with Gasteiger partial charge in [-0.15, -0.1) is 0 Å². The van der Waals surface area contributed by atoms with Crippen LogP contribution in [0.5, 0.6) is 0 Å². The fourth-order valence-corrected chi connectivity index (χ4v) is 3.12. The van der Waals surface area contributed by atoms with Gasteiger partial charge in [-0.2, -0.15) is 0 Å². The summed E-state index contributed by atoms with van der Waals surface area (Å²) in [6, 6.07) is 0.156. The van der Waals surface area contributed by atoms with Gasteiger partial charge in [0, 0.05) is 30.0 Å². The van der Waals surface area contributed by atoms with Crippen LogP contribution in [0.1, 0.15) is 59.8 Å². The number of carbonyl (C=O) groups excluding carboxylic acids is 1. The molecule has 0 atom stereocenters. The Morgan fingerprint density at radius 3 is 2.16 bits per heavy atom. The first-order valence-electron chi connectivity index (χ1n) is 6.90. The first-order chi connectivity index (χ1) is 8.60. The summed E-state index contributed by atoms with van der Waals surface area (Å²) in [4.78, 5) is 22.2. The molecule has 0 aromatic heterocycles. The first-order valence-corrected chi connectivity index (χ1v) is 6.90. The number of hydrogen-bond donors (Lipinski definition) is 3. The second-order valence-electron chi connectivity index (χ2n) is 6.81. The third-order valence-electron chi connectivity index (χ3n) is 3.35. The molecule has 5 nitrogen and oxygen atoms in total. The van der Waals surface area contributed by atoms with Crippen LogP contribution in [0.25, 0.3) is 0 Å². The van der Waals surface area contributed by atoms with Crippen LogP contribution >= 0.6 is 0 Å². The van der Waals surface area contributed by atoms with Crippen LogP contribution in [0.3, 0.4) is 0 Å². The molecule has 0 unspecified atom stereocenters. The smallest absolute Gasteiger partial charge is 0.303 e. The van der Waals surface area contributed by atoms with E-state index in [1.165, 1.54) is 0 Å². The Balaban J connectivity index is 2.43. The lowest BCUT2D eigenvalue weighted by molar-refractivity contribution is -0.137. The lowest BCUT2D eigenvalue weighted by atomic mass is 9.79. The highest BCUT2D eigenvalue weighted by atomic mass is 16.4. The van der Waals surface area contributed by atoms with Crippen molar-refractivity contribution in [3.63, 3.8) is 0 Å². The van der Waals surface area contributed by atoms with Crippen molar-refractivity contribution in [2.24, 2.45) is 0 Å². The maximum Gasteiger partial charge on any atom is 0.303 e. The van der Waals surface area contributed by atoms with Crippen molar-refractivity contribution in [3.05, 3.63) is 0 Å². The van der Waals surface area contributed by atoms with E-state index in [0.29, 0.717) is 6.42 Å². The number of carboxylic acids is 1. The monoisotopic (exact) mass is 270 g/mol. The maximum atomic E-state index is 11.8. The minimum atomic E-state index is -0.850. The second kappa shape index (κ2) is 5.90. The molecule has 110 valence electrons. The molecule has 1 amide bonds. The van der Waals surface area contributed by atoms with Gasteiger partial charge in [-0.25, -0.2) is 0 Å². The number of amides is 1. The number of aliphatic carboxylic acids is 1. The highest BCUT2D eigenvalue weighted by Gasteiger charge is 2.37. The molecule has 1 fully saturated rings. The van der Waals surface area contributed by atoms with E-state index in [1.807, 2.05) is 0 Å². The molecule has 1 rings (SSSR count). The fourth-order valence-electron chi connectivity index (χ4n) is 3.12. The van der Waals surface area contributed by atoms with Crippen LogP contribution in [0.4, 0.5) is 0 Å². The zero-order valence-electron chi connectivity index (χ0n) is 12.4. The average molecular weight is 270 g/mol. The molecule has 1 aliphatic rings. The van der Waals surface area contributed by atoms with Gasteiger partial charge in [-0.05, 0) is 47.0 Å². The van der Waals surface area contributed by atoms with Gasteiger partial charge in [0.1, 0.15) is 0 Å². The van der Waals surface area contributed by atoms with E-state index >= 15 is 0 Å². The van der Waals surface area contributed by atoms with Gasteiger partial charge < -0.3 is 15.7 Å². The van der Waals surface area contributed by atoms with E-state index < -0.39 is 5.97 Å². The van der Waals surface area contributed by atoms with Gasteiger partial charge in [0.05, 0.1) is 0 Å². The zero-order chi connectivity index (χ0) is 14.7. The van der Waals surface area contributed by atoms with E-state index in [2.05, 4.69) is 38.3 Å². The molecular formula is C14H26N2O3. The van der Waals surface area contributed by atoms with Crippen molar-refractivity contribution in [1.29, 1.82) is 0 Å². The van der Waals surface area contributed by atoms with Crippen LogP contribution < -0.4 is 10.6 Å². The van der Waals surface area contributed by atoms with E-state index in [1.54, 1.807) is 0 Å². The number of carboxylic acid groups (broad SMARTS) is 1. The third kappa shape index (κ3) is 6.05. The first kappa shape index (κ1) is 16.0. The topological polar surface area (TPSA) is 78.4 Å².